The van der Waals surface area contributed by atoms with E-state index >= 15 is 0 Å². The van der Waals surface area contributed by atoms with Gasteiger partial charge < -0.3 is 15.4 Å². The Morgan fingerprint density at radius 3 is 2.61 bits per heavy atom. The van der Waals surface area contributed by atoms with Gasteiger partial charge in [0.15, 0.2) is 5.16 Å². The van der Waals surface area contributed by atoms with Crippen molar-refractivity contribution in [1.29, 1.82) is 0 Å². The summed E-state index contributed by atoms with van der Waals surface area (Å²) < 4.78 is 6.62. The molecule has 0 radical (unpaired) electrons. The number of rotatable bonds is 8. The van der Waals surface area contributed by atoms with Gasteiger partial charge in [-0.15, -0.1) is 11.3 Å². The van der Waals surface area contributed by atoms with E-state index in [2.05, 4.69) is 15.6 Å². The predicted octanol–water partition coefficient (Wildman–Crippen LogP) is 3.05. The largest absolute Gasteiger partial charge is 0.462 e. The Bertz CT molecular complexity index is 1280. The number of esters is 1. The number of nitrogens with one attached hydrogen (secondary N) is 2. The Morgan fingerprint density at radius 1 is 1.21 bits per heavy atom. The Morgan fingerprint density at radius 2 is 1.94 bits per heavy atom. The van der Waals surface area contributed by atoms with Crippen LogP contribution in [-0.2, 0) is 16.1 Å². The summed E-state index contributed by atoms with van der Waals surface area (Å²) in [4.78, 5) is 55.0. The fourth-order valence-electron chi connectivity index (χ4n) is 3.21. The van der Waals surface area contributed by atoms with E-state index in [0.29, 0.717) is 33.0 Å². The van der Waals surface area contributed by atoms with E-state index in [1.54, 1.807) is 38.1 Å². The van der Waals surface area contributed by atoms with Crippen LogP contribution in [0.3, 0.4) is 0 Å². The van der Waals surface area contributed by atoms with Crippen LogP contribution >= 0.6 is 23.1 Å². The first-order valence-corrected chi connectivity index (χ1v) is 12.1. The predicted molar refractivity (Wildman–Crippen MR) is 129 cm³/mol. The SMILES string of the molecule is CCOC(=O)c1c(NC(=O)CSc2nc3ccccc3c(=O)n2CC)sc(C(=O)NC)c1C. The lowest BCUT2D eigenvalue weighted by molar-refractivity contribution is -0.113. The summed E-state index contributed by atoms with van der Waals surface area (Å²) in [7, 11) is 1.49. The number of thiophene rings is 1. The number of aromatic nitrogens is 2. The maximum atomic E-state index is 12.8. The van der Waals surface area contributed by atoms with Gasteiger partial charge in [0, 0.05) is 13.6 Å². The molecule has 0 bridgehead atoms. The van der Waals surface area contributed by atoms with Crippen LogP contribution in [-0.4, -0.2) is 46.7 Å². The lowest BCUT2D eigenvalue weighted by Crippen LogP contribution is -2.23. The molecule has 0 spiro atoms. The molecule has 0 aliphatic heterocycles. The van der Waals surface area contributed by atoms with Crippen molar-refractivity contribution in [2.24, 2.45) is 0 Å². The minimum absolute atomic E-state index is 0.0424. The second-order valence-electron chi connectivity index (χ2n) is 6.86. The number of hydrogen-bond acceptors (Lipinski definition) is 8. The Hall–Kier alpha value is -3.18. The molecule has 11 heteroatoms. The summed E-state index contributed by atoms with van der Waals surface area (Å²) >= 11 is 2.13. The van der Waals surface area contributed by atoms with Gasteiger partial charge in [0.1, 0.15) is 5.00 Å². The maximum Gasteiger partial charge on any atom is 0.341 e. The van der Waals surface area contributed by atoms with Crippen molar-refractivity contribution in [3.8, 4) is 0 Å². The molecule has 3 aromatic rings. The van der Waals surface area contributed by atoms with E-state index in [0.717, 1.165) is 23.1 Å². The molecule has 174 valence electrons. The number of ether oxygens (including phenoxy) is 1. The third-order valence-electron chi connectivity index (χ3n) is 4.79. The molecule has 0 atom stereocenters. The third-order valence-corrected chi connectivity index (χ3v) is 6.97. The fraction of sp³-hybridized carbons (Fsp3) is 0.318. The standard InChI is InChI=1S/C22H24N4O5S2/c1-5-26-20(29)13-9-7-8-10-14(13)24-22(26)32-11-15(27)25-19-16(21(30)31-6-2)12(3)17(33-19)18(28)23-4/h7-10H,5-6,11H2,1-4H3,(H,23,28)(H,25,27). The Labute approximate surface area is 198 Å². The molecule has 1 aromatic carbocycles. The topological polar surface area (TPSA) is 119 Å². The number of benzene rings is 1. The highest BCUT2D eigenvalue weighted by Crippen LogP contribution is 2.34. The molecule has 3 rings (SSSR count). The molecule has 0 saturated carbocycles. The highest BCUT2D eigenvalue weighted by Gasteiger charge is 2.26. The average molecular weight is 489 g/mol. The number of thioether (sulfide) groups is 1. The van der Waals surface area contributed by atoms with Crippen molar-refractivity contribution in [1.82, 2.24) is 14.9 Å². The molecule has 2 heterocycles. The normalized spacial score (nSPS) is 10.8. The number of nitrogens with zero attached hydrogens (tertiary/aromatic N) is 2. The van der Waals surface area contributed by atoms with Crippen molar-refractivity contribution in [2.75, 3.05) is 24.7 Å². The molecular weight excluding hydrogens is 464 g/mol. The first kappa shape index (κ1) is 24.5. The van der Waals surface area contributed by atoms with Crippen molar-refractivity contribution in [2.45, 2.75) is 32.5 Å². The van der Waals surface area contributed by atoms with Crippen molar-refractivity contribution >= 4 is 56.8 Å². The molecule has 2 aromatic heterocycles. The minimum atomic E-state index is -0.611. The number of para-hydroxylation sites is 1. The van der Waals surface area contributed by atoms with E-state index < -0.39 is 11.9 Å². The maximum absolute atomic E-state index is 12.8. The number of carbonyl (C=O) groups is 3. The molecule has 0 aliphatic rings. The molecule has 2 amide bonds. The highest BCUT2D eigenvalue weighted by molar-refractivity contribution is 7.99. The smallest absolute Gasteiger partial charge is 0.341 e. The first-order valence-electron chi connectivity index (χ1n) is 10.3. The van der Waals surface area contributed by atoms with Gasteiger partial charge >= 0.3 is 5.97 Å². The molecule has 0 aliphatic carbocycles. The molecule has 0 fully saturated rings. The van der Waals surface area contributed by atoms with Gasteiger partial charge in [-0.05, 0) is 38.5 Å². The zero-order chi connectivity index (χ0) is 24.1. The van der Waals surface area contributed by atoms with Crippen molar-refractivity contribution < 1.29 is 19.1 Å². The van der Waals surface area contributed by atoms with Gasteiger partial charge in [-0.2, -0.15) is 0 Å². The summed E-state index contributed by atoms with van der Waals surface area (Å²) in [6.07, 6.45) is 0. The first-order chi connectivity index (χ1) is 15.8. The zero-order valence-electron chi connectivity index (χ0n) is 18.7. The molecule has 2 N–H and O–H groups in total. The third kappa shape index (κ3) is 5.09. The number of hydrogen-bond donors (Lipinski definition) is 2. The summed E-state index contributed by atoms with van der Waals surface area (Å²) in [5.41, 5.74) is 0.994. The van der Waals surface area contributed by atoms with Gasteiger partial charge in [-0.25, -0.2) is 9.78 Å². The van der Waals surface area contributed by atoms with Gasteiger partial charge in [0.05, 0.1) is 33.7 Å². The number of anilines is 1. The molecular formula is C22H24N4O5S2. The Kier molecular flexibility index (Phi) is 7.88. The lowest BCUT2D eigenvalue weighted by atomic mass is 10.1. The number of carbonyl (C=O) groups excluding carboxylic acids is 3. The summed E-state index contributed by atoms with van der Waals surface area (Å²) in [6, 6.07) is 7.05. The van der Waals surface area contributed by atoms with Crippen LogP contribution in [0.15, 0.2) is 34.2 Å². The second kappa shape index (κ2) is 10.6. The fourth-order valence-corrected chi connectivity index (χ4v) is 5.23. The Balaban J connectivity index is 1.85. The second-order valence-corrected chi connectivity index (χ2v) is 8.82. The molecule has 9 nitrogen and oxygen atoms in total. The van der Waals surface area contributed by atoms with Gasteiger partial charge in [-0.3, -0.25) is 19.0 Å². The summed E-state index contributed by atoms with van der Waals surface area (Å²) in [5.74, 6) is -1.41. The molecule has 0 unspecified atom stereocenters. The lowest BCUT2D eigenvalue weighted by Gasteiger charge is -2.11. The van der Waals surface area contributed by atoms with E-state index in [9.17, 15) is 19.2 Å². The zero-order valence-corrected chi connectivity index (χ0v) is 20.3. The molecule has 0 saturated heterocycles. The van der Waals surface area contributed by atoms with Crippen LogP contribution in [0.1, 0.15) is 39.4 Å². The van der Waals surface area contributed by atoms with Crippen molar-refractivity contribution in [3.63, 3.8) is 0 Å². The van der Waals surface area contributed by atoms with E-state index in [-0.39, 0.29) is 34.4 Å². The molecule has 33 heavy (non-hydrogen) atoms. The van der Waals surface area contributed by atoms with Gasteiger partial charge in [0.2, 0.25) is 5.91 Å². The van der Waals surface area contributed by atoms with Crippen molar-refractivity contribution in [3.05, 3.63) is 50.6 Å². The van der Waals surface area contributed by atoms with Gasteiger partial charge in [0.25, 0.3) is 11.5 Å². The summed E-state index contributed by atoms with van der Waals surface area (Å²) in [5, 5.41) is 6.43. The quantitative estimate of drug-likeness (QED) is 0.284. The van der Waals surface area contributed by atoms with Crippen LogP contribution in [0.5, 0.6) is 0 Å². The van der Waals surface area contributed by atoms with Crippen LogP contribution in [0, 0.1) is 6.92 Å². The van der Waals surface area contributed by atoms with E-state index in [4.69, 9.17) is 4.74 Å². The highest BCUT2D eigenvalue weighted by atomic mass is 32.2. The van der Waals surface area contributed by atoms with Crippen LogP contribution in [0.25, 0.3) is 10.9 Å². The van der Waals surface area contributed by atoms with E-state index in [1.165, 1.54) is 11.6 Å². The summed E-state index contributed by atoms with van der Waals surface area (Å²) in [6.45, 7) is 5.72. The monoisotopic (exact) mass is 488 g/mol. The van der Waals surface area contributed by atoms with E-state index in [1.807, 2.05) is 6.92 Å². The van der Waals surface area contributed by atoms with Crippen LogP contribution in [0.4, 0.5) is 5.00 Å². The average Bonchev–Trinajstić information content (AvgIpc) is 3.13. The number of amides is 2. The van der Waals surface area contributed by atoms with Crippen LogP contribution in [0.2, 0.25) is 0 Å². The minimum Gasteiger partial charge on any atom is -0.462 e. The van der Waals surface area contributed by atoms with Gasteiger partial charge in [-0.1, -0.05) is 23.9 Å². The van der Waals surface area contributed by atoms with Crippen LogP contribution < -0.4 is 16.2 Å². The number of fused-ring (bicyclic) bond motifs is 1.